The van der Waals surface area contributed by atoms with Gasteiger partial charge in [-0.15, -0.1) is 0 Å². The standard InChI is InChI=1S/C15H22ClNO2/c1-3-15(4-2,11-18)10-17-14(19)9-12-7-5-6-8-13(12)16/h5-8,18H,3-4,9-11H2,1-2H3,(H,17,19). The Labute approximate surface area is 120 Å². The predicted octanol–water partition coefficient (Wildman–Crippen LogP) is 2.80. The lowest BCUT2D eigenvalue weighted by molar-refractivity contribution is -0.121. The fraction of sp³-hybridized carbons (Fsp3) is 0.533. The van der Waals surface area contributed by atoms with Crippen molar-refractivity contribution in [2.45, 2.75) is 33.1 Å². The second-order valence-electron chi connectivity index (χ2n) is 4.91. The Bertz CT molecular complexity index is 408. The topological polar surface area (TPSA) is 49.3 Å². The number of hydrogen-bond acceptors (Lipinski definition) is 2. The van der Waals surface area contributed by atoms with Crippen LogP contribution < -0.4 is 5.32 Å². The summed E-state index contributed by atoms with van der Waals surface area (Å²) in [5, 5.41) is 13.0. The zero-order chi connectivity index (χ0) is 14.3. The number of benzene rings is 1. The van der Waals surface area contributed by atoms with Crippen molar-refractivity contribution < 1.29 is 9.90 Å². The monoisotopic (exact) mass is 283 g/mol. The zero-order valence-electron chi connectivity index (χ0n) is 11.6. The van der Waals surface area contributed by atoms with Crippen LogP contribution in [-0.4, -0.2) is 24.2 Å². The maximum absolute atomic E-state index is 11.9. The van der Waals surface area contributed by atoms with Gasteiger partial charge in [0.25, 0.3) is 0 Å². The molecular formula is C15H22ClNO2. The molecule has 3 nitrogen and oxygen atoms in total. The third-order valence-electron chi connectivity index (χ3n) is 3.80. The lowest BCUT2D eigenvalue weighted by atomic mass is 9.83. The molecule has 0 aliphatic carbocycles. The van der Waals surface area contributed by atoms with Crippen LogP contribution in [0.2, 0.25) is 5.02 Å². The van der Waals surface area contributed by atoms with Gasteiger partial charge in [-0.2, -0.15) is 0 Å². The van der Waals surface area contributed by atoms with Gasteiger partial charge in [-0.05, 0) is 24.5 Å². The smallest absolute Gasteiger partial charge is 0.224 e. The fourth-order valence-corrected chi connectivity index (χ4v) is 2.15. The predicted molar refractivity (Wildman–Crippen MR) is 78.3 cm³/mol. The third kappa shape index (κ3) is 4.51. The molecule has 0 aliphatic rings. The molecular weight excluding hydrogens is 262 g/mol. The molecule has 0 spiro atoms. The van der Waals surface area contributed by atoms with Gasteiger partial charge in [0.1, 0.15) is 0 Å². The zero-order valence-corrected chi connectivity index (χ0v) is 12.3. The summed E-state index contributed by atoms with van der Waals surface area (Å²) in [7, 11) is 0. The van der Waals surface area contributed by atoms with E-state index in [1.807, 2.05) is 32.0 Å². The van der Waals surface area contributed by atoms with Gasteiger partial charge in [-0.1, -0.05) is 43.6 Å². The molecule has 0 atom stereocenters. The van der Waals surface area contributed by atoms with E-state index in [4.69, 9.17) is 11.6 Å². The molecule has 0 aromatic heterocycles. The van der Waals surface area contributed by atoms with Gasteiger partial charge >= 0.3 is 0 Å². The Kier molecular flexibility index (Phi) is 6.32. The maximum atomic E-state index is 11.9. The lowest BCUT2D eigenvalue weighted by Gasteiger charge is -2.29. The van der Waals surface area contributed by atoms with E-state index in [0.717, 1.165) is 18.4 Å². The summed E-state index contributed by atoms with van der Waals surface area (Å²) in [6, 6.07) is 7.33. The molecule has 19 heavy (non-hydrogen) atoms. The van der Waals surface area contributed by atoms with Gasteiger partial charge in [0.2, 0.25) is 5.91 Å². The highest BCUT2D eigenvalue weighted by Crippen LogP contribution is 2.24. The summed E-state index contributed by atoms with van der Waals surface area (Å²) in [6.45, 7) is 4.64. The highest BCUT2D eigenvalue weighted by molar-refractivity contribution is 6.31. The molecule has 4 heteroatoms. The summed E-state index contributed by atoms with van der Waals surface area (Å²) in [5.41, 5.74) is 0.611. The fourth-order valence-electron chi connectivity index (χ4n) is 1.94. The van der Waals surface area contributed by atoms with Gasteiger partial charge in [0, 0.05) is 17.0 Å². The van der Waals surface area contributed by atoms with Crippen molar-refractivity contribution in [1.82, 2.24) is 5.32 Å². The van der Waals surface area contributed by atoms with E-state index in [-0.39, 0.29) is 24.3 Å². The van der Waals surface area contributed by atoms with E-state index in [0.29, 0.717) is 11.6 Å². The molecule has 0 bridgehead atoms. The molecule has 0 saturated heterocycles. The number of aliphatic hydroxyl groups excluding tert-OH is 1. The molecule has 0 saturated carbocycles. The molecule has 106 valence electrons. The highest BCUT2D eigenvalue weighted by atomic mass is 35.5. The number of halogens is 1. The van der Waals surface area contributed by atoms with Gasteiger partial charge in [-0.3, -0.25) is 4.79 Å². The Hall–Kier alpha value is -1.06. The van der Waals surface area contributed by atoms with Crippen molar-refractivity contribution in [3.63, 3.8) is 0 Å². The molecule has 1 amide bonds. The molecule has 1 aromatic rings. The third-order valence-corrected chi connectivity index (χ3v) is 4.17. The Morgan fingerprint density at radius 1 is 1.32 bits per heavy atom. The minimum Gasteiger partial charge on any atom is -0.396 e. The van der Waals surface area contributed by atoms with Crippen LogP contribution in [0.1, 0.15) is 32.3 Å². The van der Waals surface area contributed by atoms with Crippen molar-refractivity contribution in [3.8, 4) is 0 Å². The number of carbonyl (C=O) groups is 1. The quantitative estimate of drug-likeness (QED) is 0.808. The minimum atomic E-state index is -0.212. The van der Waals surface area contributed by atoms with Gasteiger partial charge in [0.15, 0.2) is 0 Å². The largest absolute Gasteiger partial charge is 0.396 e. The van der Waals surface area contributed by atoms with Crippen LogP contribution in [0.3, 0.4) is 0 Å². The van der Waals surface area contributed by atoms with Crippen molar-refractivity contribution in [2.75, 3.05) is 13.2 Å². The average Bonchev–Trinajstić information content (AvgIpc) is 2.44. The number of aliphatic hydroxyl groups is 1. The Morgan fingerprint density at radius 3 is 2.47 bits per heavy atom. The molecule has 2 N–H and O–H groups in total. The molecule has 0 radical (unpaired) electrons. The van der Waals surface area contributed by atoms with Crippen LogP contribution >= 0.6 is 11.6 Å². The van der Waals surface area contributed by atoms with E-state index in [1.165, 1.54) is 0 Å². The van der Waals surface area contributed by atoms with Crippen LogP contribution in [0.5, 0.6) is 0 Å². The first-order valence-electron chi connectivity index (χ1n) is 6.68. The minimum absolute atomic E-state index is 0.0622. The van der Waals surface area contributed by atoms with Crippen molar-refractivity contribution >= 4 is 17.5 Å². The van der Waals surface area contributed by atoms with E-state index in [2.05, 4.69) is 5.32 Å². The summed E-state index contributed by atoms with van der Waals surface area (Å²) in [4.78, 5) is 11.9. The molecule has 0 unspecified atom stereocenters. The number of nitrogens with one attached hydrogen (secondary N) is 1. The summed E-state index contributed by atoms with van der Waals surface area (Å²) >= 11 is 6.02. The first kappa shape index (κ1) is 16.0. The number of carbonyl (C=O) groups excluding carboxylic acids is 1. The van der Waals surface area contributed by atoms with Crippen LogP contribution in [0.25, 0.3) is 0 Å². The van der Waals surface area contributed by atoms with Crippen molar-refractivity contribution in [3.05, 3.63) is 34.9 Å². The first-order valence-corrected chi connectivity index (χ1v) is 7.05. The van der Waals surface area contributed by atoms with E-state index in [9.17, 15) is 9.90 Å². The number of amides is 1. The summed E-state index contributed by atoms with van der Waals surface area (Å²) in [5.74, 6) is -0.0622. The second kappa shape index (κ2) is 7.51. The van der Waals surface area contributed by atoms with Gasteiger partial charge in [0.05, 0.1) is 13.0 Å². The summed E-state index contributed by atoms with van der Waals surface area (Å²) < 4.78 is 0. The van der Waals surface area contributed by atoms with Gasteiger partial charge < -0.3 is 10.4 Å². The first-order chi connectivity index (χ1) is 9.06. The van der Waals surface area contributed by atoms with Crippen LogP contribution in [-0.2, 0) is 11.2 Å². The molecule has 0 aliphatic heterocycles. The van der Waals surface area contributed by atoms with Crippen LogP contribution in [0.4, 0.5) is 0 Å². The maximum Gasteiger partial charge on any atom is 0.224 e. The van der Waals surface area contributed by atoms with Crippen LogP contribution in [0.15, 0.2) is 24.3 Å². The molecule has 0 fully saturated rings. The Morgan fingerprint density at radius 2 is 1.95 bits per heavy atom. The van der Waals surface area contributed by atoms with E-state index >= 15 is 0 Å². The van der Waals surface area contributed by atoms with Crippen LogP contribution in [0, 0.1) is 5.41 Å². The van der Waals surface area contributed by atoms with E-state index < -0.39 is 0 Å². The highest BCUT2D eigenvalue weighted by Gasteiger charge is 2.25. The number of hydrogen-bond donors (Lipinski definition) is 2. The average molecular weight is 284 g/mol. The lowest BCUT2D eigenvalue weighted by Crippen LogP contribution is -2.40. The Balaban J connectivity index is 2.55. The molecule has 0 heterocycles. The SMILES string of the molecule is CCC(CC)(CO)CNC(=O)Cc1ccccc1Cl. The second-order valence-corrected chi connectivity index (χ2v) is 5.32. The van der Waals surface area contributed by atoms with Gasteiger partial charge in [-0.25, -0.2) is 0 Å². The molecule has 1 rings (SSSR count). The normalized spacial score (nSPS) is 11.4. The van der Waals surface area contributed by atoms with Crippen molar-refractivity contribution in [1.29, 1.82) is 0 Å². The van der Waals surface area contributed by atoms with E-state index in [1.54, 1.807) is 6.07 Å². The number of rotatable bonds is 7. The molecule has 1 aromatic carbocycles. The summed E-state index contributed by atoms with van der Waals surface area (Å²) in [6.07, 6.45) is 1.95. The van der Waals surface area contributed by atoms with Crippen molar-refractivity contribution in [2.24, 2.45) is 5.41 Å².